The summed E-state index contributed by atoms with van der Waals surface area (Å²) in [6, 6.07) is 2.25. The predicted octanol–water partition coefficient (Wildman–Crippen LogP) is -0.0575. The lowest BCUT2D eigenvalue weighted by molar-refractivity contribution is -0.146. The minimum Gasteiger partial charge on any atom is -0.355 e. The van der Waals surface area contributed by atoms with Crippen LogP contribution >= 0.6 is 0 Å². The molecule has 0 aromatic carbocycles. The van der Waals surface area contributed by atoms with E-state index < -0.39 is 35.8 Å². The van der Waals surface area contributed by atoms with Crippen LogP contribution in [0.3, 0.4) is 0 Å². The number of anilines is 1. The zero-order valence-corrected chi connectivity index (χ0v) is 14.8. The highest BCUT2D eigenvalue weighted by Gasteiger charge is 2.38. The summed E-state index contributed by atoms with van der Waals surface area (Å²) in [6.45, 7) is 0.518. The van der Waals surface area contributed by atoms with Crippen molar-refractivity contribution in [2.75, 3.05) is 24.5 Å². The van der Waals surface area contributed by atoms with Gasteiger partial charge in [-0.25, -0.2) is 9.80 Å². The van der Waals surface area contributed by atoms with Gasteiger partial charge in [-0.05, 0) is 25.0 Å². The van der Waals surface area contributed by atoms with Gasteiger partial charge in [0.2, 0.25) is 11.8 Å². The molecule has 2 aromatic rings. The second kappa shape index (κ2) is 6.86. The van der Waals surface area contributed by atoms with Gasteiger partial charge in [0.1, 0.15) is 12.4 Å². The number of nitrogens with zero attached hydrogens (tertiary/aromatic N) is 6. The van der Waals surface area contributed by atoms with Crippen molar-refractivity contribution in [2.24, 2.45) is 5.92 Å². The number of nitrogens with one attached hydrogen (secondary N) is 2. The van der Waals surface area contributed by atoms with Crippen molar-refractivity contribution < 1.29 is 27.6 Å². The first-order valence-corrected chi connectivity index (χ1v) is 8.69. The summed E-state index contributed by atoms with van der Waals surface area (Å²) in [4.78, 5) is 36.7. The monoisotopic (exact) mass is 412 g/mol. The van der Waals surface area contributed by atoms with Crippen molar-refractivity contribution in [3.63, 3.8) is 0 Å². The maximum Gasteiger partial charge on any atom is 0.453 e. The van der Waals surface area contributed by atoms with Crippen LogP contribution in [-0.2, 0) is 15.8 Å². The van der Waals surface area contributed by atoms with Crippen molar-refractivity contribution in [2.45, 2.75) is 19.0 Å². The zero-order chi connectivity index (χ0) is 20.8. The Morgan fingerprint density at radius 2 is 1.90 bits per heavy atom. The lowest BCUT2D eigenvalue weighted by Gasteiger charge is -2.32. The van der Waals surface area contributed by atoms with Crippen molar-refractivity contribution in [3.05, 3.63) is 18.0 Å². The molecule has 4 heterocycles. The van der Waals surface area contributed by atoms with E-state index in [0.717, 1.165) is 5.01 Å². The third-order valence-corrected chi connectivity index (χ3v) is 4.73. The second-order valence-electron chi connectivity index (χ2n) is 6.66. The average Bonchev–Trinajstić information content (AvgIpc) is 3.23. The van der Waals surface area contributed by atoms with Crippen molar-refractivity contribution in [3.8, 4) is 0 Å². The second-order valence-corrected chi connectivity index (χ2v) is 6.66. The summed E-state index contributed by atoms with van der Waals surface area (Å²) in [6.07, 6.45) is -3.87. The molecule has 0 unspecified atom stereocenters. The van der Waals surface area contributed by atoms with Gasteiger partial charge in [0, 0.05) is 19.0 Å². The van der Waals surface area contributed by atoms with Gasteiger partial charge in [-0.1, -0.05) is 0 Å². The highest BCUT2D eigenvalue weighted by atomic mass is 19.4. The first-order valence-electron chi connectivity index (χ1n) is 8.69. The van der Waals surface area contributed by atoms with Gasteiger partial charge < -0.3 is 4.90 Å². The zero-order valence-electron chi connectivity index (χ0n) is 14.8. The molecule has 29 heavy (non-hydrogen) atoms. The maximum absolute atomic E-state index is 13.0. The number of fused-ring (bicyclic) bond motifs is 1. The largest absolute Gasteiger partial charge is 0.453 e. The van der Waals surface area contributed by atoms with E-state index in [1.165, 1.54) is 6.07 Å². The Bertz CT molecular complexity index is 983. The highest BCUT2D eigenvalue weighted by molar-refractivity contribution is 6.02. The van der Waals surface area contributed by atoms with Crippen LogP contribution in [0.25, 0.3) is 5.65 Å². The van der Waals surface area contributed by atoms with E-state index in [1.54, 1.807) is 11.0 Å². The van der Waals surface area contributed by atoms with E-state index in [4.69, 9.17) is 0 Å². The van der Waals surface area contributed by atoms with Gasteiger partial charge in [-0.2, -0.15) is 17.7 Å². The van der Waals surface area contributed by atoms with Crippen LogP contribution in [0, 0.1) is 5.92 Å². The quantitative estimate of drug-likeness (QED) is 0.677. The molecule has 2 fully saturated rings. The summed E-state index contributed by atoms with van der Waals surface area (Å²) in [5, 5.41) is 13.6. The summed E-state index contributed by atoms with van der Waals surface area (Å²) in [5.41, 5.74) is 2.39. The van der Waals surface area contributed by atoms with Crippen molar-refractivity contribution >= 4 is 29.3 Å². The van der Waals surface area contributed by atoms with Gasteiger partial charge in [-0.15, -0.1) is 15.3 Å². The molecule has 2 aliphatic rings. The predicted molar refractivity (Wildman–Crippen MR) is 89.1 cm³/mol. The fraction of sp³-hybridized carbons (Fsp3) is 0.467. The van der Waals surface area contributed by atoms with E-state index in [9.17, 15) is 27.6 Å². The van der Waals surface area contributed by atoms with Gasteiger partial charge in [0.05, 0.1) is 0 Å². The van der Waals surface area contributed by atoms with Crippen LogP contribution in [0.1, 0.15) is 18.7 Å². The molecule has 2 aromatic heterocycles. The molecule has 2 N–H and O–H groups in total. The lowest BCUT2D eigenvalue weighted by Crippen LogP contribution is -2.49. The van der Waals surface area contributed by atoms with Gasteiger partial charge in [0.25, 0.3) is 5.82 Å². The lowest BCUT2D eigenvalue weighted by atomic mass is 9.96. The Labute approximate surface area is 160 Å². The molecular weight excluding hydrogens is 397 g/mol. The first-order chi connectivity index (χ1) is 13.7. The number of hydrazine groups is 1. The fourth-order valence-electron chi connectivity index (χ4n) is 3.25. The Morgan fingerprint density at radius 1 is 1.17 bits per heavy atom. The number of imide groups is 1. The topological polar surface area (TPSA) is 125 Å². The van der Waals surface area contributed by atoms with E-state index in [0.29, 0.717) is 36.3 Å². The van der Waals surface area contributed by atoms with Crippen LogP contribution in [0.4, 0.5) is 23.8 Å². The van der Waals surface area contributed by atoms with Crippen molar-refractivity contribution in [1.82, 2.24) is 35.6 Å². The third-order valence-electron chi connectivity index (χ3n) is 4.73. The Balaban J connectivity index is 1.41. The smallest absolute Gasteiger partial charge is 0.355 e. The first kappa shape index (κ1) is 18.9. The SMILES string of the molecule is O=C1CN(NC(=O)C2CCN(c3ccc4nnc(C(F)(F)F)n4n3)CC2)C(=O)N1. The third kappa shape index (κ3) is 3.64. The molecule has 4 amide bonds. The Morgan fingerprint density at radius 3 is 2.52 bits per heavy atom. The number of urea groups is 1. The molecule has 4 rings (SSSR count). The number of rotatable bonds is 3. The number of hydrogen-bond donors (Lipinski definition) is 2. The normalized spacial score (nSPS) is 18.4. The Hall–Kier alpha value is -3.45. The Kier molecular flexibility index (Phi) is 4.47. The summed E-state index contributed by atoms with van der Waals surface area (Å²) < 4.78 is 39.7. The number of piperidine rings is 1. The van der Waals surface area contributed by atoms with Crippen LogP contribution in [0.2, 0.25) is 0 Å². The molecule has 0 aliphatic carbocycles. The number of hydrogen-bond acceptors (Lipinski definition) is 7. The standard InChI is InChI=1S/C15H15F3N8O3/c16-15(17,18)13-21-20-9-1-2-10(22-26(9)13)24-5-3-8(4-6-24)12(28)23-25-7-11(27)19-14(25)29/h1-2,8H,3-7H2,(H,23,28)(H,19,27,29). The van der Waals surface area contributed by atoms with Crippen molar-refractivity contribution in [1.29, 1.82) is 0 Å². The van der Waals surface area contributed by atoms with E-state index in [2.05, 4.69) is 26.0 Å². The number of aromatic nitrogens is 4. The molecule has 0 radical (unpaired) electrons. The molecule has 11 nitrogen and oxygen atoms in total. The van der Waals surface area contributed by atoms with Crippen LogP contribution < -0.4 is 15.6 Å². The molecular formula is C15H15F3N8O3. The summed E-state index contributed by atoms with van der Waals surface area (Å²) in [5.74, 6) is -2.19. The minimum atomic E-state index is -4.68. The fourth-order valence-corrected chi connectivity index (χ4v) is 3.25. The number of amides is 4. The maximum atomic E-state index is 13.0. The average molecular weight is 412 g/mol. The van der Waals surface area contributed by atoms with Gasteiger partial charge >= 0.3 is 12.2 Å². The number of halogens is 3. The highest BCUT2D eigenvalue weighted by Crippen LogP contribution is 2.28. The summed E-state index contributed by atoms with van der Waals surface area (Å²) >= 11 is 0. The number of carbonyl (C=O) groups excluding carboxylic acids is 3. The summed E-state index contributed by atoms with van der Waals surface area (Å²) in [7, 11) is 0. The minimum absolute atomic E-state index is 0.0197. The van der Waals surface area contributed by atoms with E-state index >= 15 is 0 Å². The molecule has 0 spiro atoms. The van der Waals surface area contributed by atoms with Crippen LogP contribution in [0.15, 0.2) is 12.1 Å². The number of carbonyl (C=O) groups is 3. The van der Waals surface area contributed by atoms with E-state index in [1.807, 2.05) is 0 Å². The molecule has 154 valence electrons. The van der Waals surface area contributed by atoms with Crippen LogP contribution in [-0.4, -0.2) is 62.3 Å². The molecule has 0 saturated carbocycles. The van der Waals surface area contributed by atoms with Crippen LogP contribution in [0.5, 0.6) is 0 Å². The van der Waals surface area contributed by atoms with E-state index in [-0.39, 0.29) is 12.2 Å². The number of alkyl halides is 3. The molecule has 2 saturated heterocycles. The molecule has 0 bridgehead atoms. The molecule has 14 heteroatoms. The molecule has 0 atom stereocenters. The van der Waals surface area contributed by atoms with Gasteiger partial charge in [0.15, 0.2) is 5.65 Å². The van der Waals surface area contributed by atoms with Gasteiger partial charge in [-0.3, -0.25) is 20.3 Å². The molecule has 2 aliphatic heterocycles.